The van der Waals surface area contributed by atoms with E-state index < -0.39 is 0 Å². The average Bonchev–Trinajstić information content (AvgIpc) is 3.45. The van der Waals surface area contributed by atoms with Gasteiger partial charge in [-0.05, 0) is 31.4 Å². The van der Waals surface area contributed by atoms with E-state index in [0.717, 1.165) is 25.7 Å². The standard InChI is InChI=1S/C23H28N4O4/c1-2-3-4-8-13-29-22-20-21(24-15-25-22)27(16-26-20)19-12-11-18(31-19)14-30-23(28)17-9-6-5-7-10-17/h5-7,9-10,15-16,18-19H,2-4,8,11-14H2,1H3/t18-,19?/m0/s1. The Balaban J connectivity index is 1.34. The molecule has 0 radical (unpaired) electrons. The summed E-state index contributed by atoms with van der Waals surface area (Å²) in [6, 6.07) is 8.97. The van der Waals surface area contributed by atoms with E-state index in [2.05, 4.69) is 21.9 Å². The summed E-state index contributed by atoms with van der Waals surface area (Å²) in [7, 11) is 0. The van der Waals surface area contributed by atoms with Crippen LogP contribution >= 0.6 is 0 Å². The van der Waals surface area contributed by atoms with E-state index in [0.29, 0.717) is 29.2 Å². The molecule has 164 valence electrons. The molecule has 0 bridgehead atoms. The van der Waals surface area contributed by atoms with Gasteiger partial charge in [0.2, 0.25) is 5.88 Å². The van der Waals surface area contributed by atoms with Crippen molar-refractivity contribution in [2.75, 3.05) is 13.2 Å². The van der Waals surface area contributed by atoms with E-state index in [1.165, 1.54) is 19.2 Å². The Morgan fingerprint density at radius 2 is 2.00 bits per heavy atom. The molecule has 3 aromatic rings. The second kappa shape index (κ2) is 10.3. The van der Waals surface area contributed by atoms with Gasteiger partial charge >= 0.3 is 5.97 Å². The molecule has 0 amide bonds. The maximum atomic E-state index is 12.1. The third kappa shape index (κ3) is 5.19. The van der Waals surface area contributed by atoms with Crippen molar-refractivity contribution in [3.63, 3.8) is 0 Å². The van der Waals surface area contributed by atoms with Crippen molar-refractivity contribution < 1.29 is 19.0 Å². The molecule has 1 aliphatic heterocycles. The van der Waals surface area contributed by atoms with E-state index in [-0.39, 0.29) is 24.9 Å². The van der Waals surface area contributed by atoms with Crippen LogP contribution in [0.1, 0.15) is 62.0 Å². The predicted molar refractivity (Wildman–Crippen MR) is 115 cm³/mol. The monoisotopic (exact) mass is 424 g/mol. The molecule has 0 spiro atoms. The Morgan fingerprint density at radius 1 is 1.13 bits per heavy atom. The molecule has 8 heteroatoms. The first-order chi connectivity index (χ1) is 15.3. The summed E-state index contributed by atoms with van der Waals surface area (Å²) in [6.45, 7) is 3.02. The van der Waals surface area contributed by atoms with Crippen molar-refractivity contribution in [3.05, 3.63) is 48.5 Å². The molecule has 1 aromatic carbocycles. The summed E-state index contributed by atoms with van der Waals surface area (Å²) >= 11 is 0. The fourth-order valence-corrected chi connectivity index (χ4v) is 3.68. The Hall–Kier alpha value is -3.00. The van der Waals surface area contributed by atoms with Crippen LogP contribution in [0.2, 0.25) is 0 Å². The normalized spacial score (nSPS) is 18.4. The van der Waals surface area contributed by atoms with E-state index in [4.69, 9.17) is 14.2 Å². The highest BCUT2D eigenvalue weighted by molar-refractivity contribution is 5.89. The summed E-state index contributed by atoms with van der Waals surface area (Å²) in [5.41, 5.74) is 1.86. The zero-order chi connectivity index (χ0) is 21.5. The first kappa shape index (κ1) is 21.2. The van der Waals surface area contributed by atoms with Crippen LogP contribution in [0, 0.1) is 0 Å². The third-order valence-electron chi connectivity index (χ3n) is 5.37. The number of benzene rings is 1. The molecular weight excluding hydrogens is 396 g/mol. The van der Waals surface area contributed by atoms with Crippen LogP contribution in [-0.2, 0) is 9.47 Å². The highest BCUT2D eigenvalue weighted by Crippen LogP contribution is 2.32. The number of unbranched alkanes of at least 4 members (excludes halogenated alkanes) is 3. The number of carbonyl (C=O) groups excluding carboxylic acids is 1. The van der Waals surface area contributed by atoms with Crippen LogP contribution in [0.25, 0.3) is 11.2 Å². The van der Waals surface area contributed by atoms with Gasteiger partial charge < -0.3 is 14.2 Å². The fourth-order valence-electron chi connectivity index (χ4n) is 3.68. The molecular formula is C23H28N4O4. The zero-order valence-electron chi connectivity index (χ0n) is 17.8. The largest absolute Gasteiger partial charge is 0.476 e. The quantitative estimate of drug-likeness (QED) is 0.354. The van der Waals surface area contributed by atoms with E-state index >= 15 is 0 Å². The number of hydrogen-bond acceptors (Lipinski definition) is 7. The molecule has 1 aliphatic rings. The van der Waals surface area contributed by atoms with E-state index in [9.17, 15) is 4.79 Å². The predicted octanol–water partition coefficient (Wildman–Crippen LogP) is 4.32. The number of imidazole rings is 1. The van der Waals surface area contributed by atoms with Crippen molar-refractivity contribution in [2.24, 2.45) is 0 Å². The molecule has 2 atom stereocenters. The summed E-state index contributed by atoms with van der Waals surface area (Å²) in [5.74, 6) is 0.167. The van der Waals surface area contributed by atoms with Crippen LogP contribution in [0.3, 0.4) is 0 Å². The number of rotatable bonds is 10. The number of ether oxygens (including phenoxy) is 3. The smallest absolute Gasteiger partial charge is 0.338 e. The minimum absolute atomic E-state index is 0.161. The van der Waals surface area contributed by atoms with Crippen LogP contribution in [0.5, 0.6) is 5.88 Å². The fraction of sp³-hybridized carbons (Fsp3) is 0.478. The molecule has 4 rings (SSSR count). The van der Waals surface area contributed by atoms with Gasteiger partial charge in [-0.1, -0.05) is 44.4 Å². The van der Waals surface area contributed by atoms with Gasteiger partial charge in [-0.2, -0.15) is 4.98 Å². The second-order valence-electron chi connectivity index (χ2n) is 7.67. The van der Waals surface area contributed by atoms with Gasteiger partial charge in [-0.25, -0.2) is 14.8 Å². The topological polar surface area (TPSA) is 88.4 Å². The van der Waals surface area contributed by atoms with Gasteiger partial charge in [-0.15, -0.1) is 0 Å². The molecule has 31 heavy (non-hydrogen) atoms. The average molecular weight is 425 g/mol. The zero-order valence-corrected chi connectivity index (χ0v) is 17.8. The SMILES string of the molecule is CCCCCCOc1ncnc2c1ncn2C1CC[C@@H](COC(=O)c2ccccc2)O1. The van der Waals surface area contributed by atoms with Crippen molar-refractivity contribution >= 4 is 17.1 Å². The number of carbonyl (C=O) groups is 1. The van der Waals surface area contributed by atoms with E-state index in [1.54, 1.807) is 18.5 Å². The van der Waals surface area contributed by atoms with Crippen LogP contribution in [-0.4, -0.2) is 44.8 Å². The minimum Gasteiger partial charge on any atom is -0.476 e. The van der Waals surface area contributed by atoms with Crippen molar-refractivity contribution in [1.82, 2.24) is 19.5 Å². The van der Waals surface area contributed by atoms with Gasteiger partial charge in [0.1, 0.15) is 19.2 Å². The van der Waals surface area contributed by atoms with Gasteiger partial charge in [0.15, 0.2) is 11.2 Å². The van der Waals surface area contributed by atoms with Crippen molar-refractivity contribution in [1.29, 1.82) is 0 Å². The molecule has 2 aromatic heterocycles. The summed E-state index contributed by atoms with van der Waals surface area (Å²) in [4.78, 5) is 25.2. The van der Waals surface area contributed by atoms with Gasteiger partial charge in [0, 0.05) is 0 Å². The molecule has 1 unspecified atom stereocenters. The summed E-state index contributed by atoms with van der Waals surface area (Å²) in [6.07, 6.45) is 8.95. The van der Waals surface area contributed by atoms with Crippen LogP contribution in [0.4, 0.5) is 0 Å². The summed E-state index contributed by atoms with van der Waals surface area (Å²) in [5, 5.41) is 0. The van der Waals surface area contributed by atoms with Gasteiger partial charge in [0.05, 0.1) is 24.6 Å². The molecule has 0 aliphatic carbocycles. The lowest BCUT2D eigenvalue weighted by Gasteiger charge is -2.15. The highest BCUT2D eigenvalue weighted by atomic mass is 16.6. The van der Waals surface area contributed by atoms with Gasteiger partial charge in [-0.3, -0.25) is 4.57 Å². The maximum Gasteiger partial charge on any atom is 0.338 e. The Bertz CT molecular complexity index is 992. The Morgan fingerprint density at radius 3 is 2.84 bits per heavy atom. The van der Waals surface area contributed by atoms with Crippen LogP contribution in [0.15, 0.2) is 43.0 Å². The Kier molecular flexibility index (Phi) is 7.09. The number of fused-ring (bicyclic) bond motifs is 1. The summed E-state index contributed by atoms with van der Waals surface area (Å²) < 4.78 is 19.3. The van der Waals surface area contributed by atoms with Crippen molar-refractivity contribution in [3.8, 4) is 5.88 Å². The molecule has 3 heterocycles. The molecule has 0 saturated carbocycles. The second-order valence-corrected chi connectivity index (χ2v) is 7.67. The first-order valence-electron chi connectivity index (χ1n) is 10.9. The van der Waals surface area contributed by atoms with E-state index in [1.807, 2.05) is 22.8 Å². The lowest BCUT2D eigenvalue weighted by Crippen LogP contribution is -2.19. The number of nitrogens with zero attached hydrogens (tertiary/aromatic N) is 4. The highest BCUT2D eigenvalue weighted by Gasteiger charge is 2.29. The molecule has 0 N–H and O–H groups in total. The van der Waals surface area contributed by atoms with Gasteiger partial charge in [0.25, 0.3) is 0 Å². The molecule has 1 fully saturated rings. The lowest BCUT2D eigenvalue weighted by atomic mass is 10.2. The maximum absolute atomic E-state index is 12.1. The number of aromatic nitrogens is 4. The van der Waals surface area contributed by atoms with Crippen molar-refractivity contribution in [2.45, 2.75) is 57.8 Å². The molecule has 1 saturated heterocycles. The third-order valence-corrected chi connectivity index (χ3v) is 5.37. The number of esters is 1. The molecule has 8 nitrogen and oxygen atoms in total. The minimum atomic E-state index is -0.339. The lowest BCUT2D eigenvalue weighted by molar-refractivity contribution is -0.0309. The number of hydrogen-bond donors (Lipinski definition) is 0. The Labute approximate surface area is 181 Å². The first-order valence-corrected chi connectivity index (χ1v) is 10.9. The van der Waals surface area contributed by atoms with Crippen LogP contribution < -0.4 is 4.74 Å².